The molecule has 0 N–H and O–H groups in total. The molecular formula is C21H28N2O8. The zero-order valence-corrected chi connectivity index (χ0v) is 18.0. The van der Waals surface area contributed by atoms with Crippen LogP contribution in [0.15, 0.2) is 24.0 Å². The van der Waals surface area contributed by atoms with Crippen molar-refractivity contribution in [2.75, 3.05) is 19.8 Å². The highest BCUT2D eigenvalue weighted by atomic mass is 16.7. The summed E-state index contributed by atoms with van der Waals surface area (Å²) in [5.74, 6) is -1.69. The van der Waals surface area contributed by atoms with E-state index in [4.69, 9.17) is 14.3 Å². The fraction of sp³-hybridized carbons (Fsp3) is 0.571. The summed E-state index contributed by atoms with van der Waals surface area (Å²) in [5.41, 5.74) is -0.547. The number of allylic oxidation sites excluding steroid dienone is 1. The molecule has 10 heteroatoms. The number of rotatable bonds is 12. The lowest BCUT2D eigenvalue weighted by Crippen LogP contribution is -2.36. The fourth-order valence-electron chi connectivity index (χ4n) is 2.80. The summed E-state index contributed by atoms with van der Waals surface area (Å²) >= 11 is 0. The average molecular weight is 436 g/mol. The van der Waals surface area contributed by atoms with Gasteiger partial charge in [-0.2, -0.15) is 0 Å². The Balaban J connectivity index is 1.60. The Morgan fingerprint density at radius 1 is 1.10 bits per heavy atom. The van der Waals surface area contributed by atoms with Gasteiger partial charge in [0, 0.05) is 31.5 Å². The van der Waals surface area contributed by atoms with Crippen LogP contribution in [0.4, 0.5) is 0 Å². The number of ether oxygens (including phenoxy) is 2. The van der Waals surface area contributed by atoms with Gasteiger partial charge in [0.1, 0.15) is 0 Å². The molecule has 0 aliphatic carbocycles. The third-order valence-electron chi connectivity index (χ3n) is 4.74. The summed E-state index contributed by atoms with van der Waals surface area (Å²) in [7, 11) is 0. The van der Waals surface area contributed by atoms with Gasteiger partial charge in [-0.05, 0) is 39.7 Å². The Kier molecular flexibility index (Phi) is 8.49. The Hall–Kier alpha value is -3.01. The molecule has 0 unspecified atom stereocenters. The highest BCUT2D eigenvalue weighted by molar-refractivity contribution is 6.12. The summed E-state index contributed by atoms with van der Waals surface area (Å²) in [6.45, 7) is 6.31. The summed E-state index contributed by atoms with van der Waals surface area (Å²) in [6.07, 6.45) is 5.23. The minimum atomic E-state index is -0.663. The second-order valence-electron chi connectivity index (χ2n) is 7.79. The first kappa shape index (κ1) is 24.3. The van der Waals surface area contributed by atoms with Crippen molar-refractivity contribution in [2.45, 2.75) is 58.5 Å². The molecule has 2 heterocycles. The smallest absolute Gasteiger partial charge is 0.333 e. The van der Waals surface area contributed by atoms with Gasteiger partial charge in [-0.1, -0.05) is 0 Å². The number of hydrogen-bond donors (Lipinski definition) is 0. The molecule has 0 radical (unpaired) electrons. The van der Waals surface area contributed by atoms with Crippen molar-refractivity contribution in [3.05, 3.63) is 24.0 Å². The van der Waals surface area contributed by atoms with Crippen LogP contribution < -0.4 is 0 Å². The average Bonchev–Trinajstić information content (AvgIpc) is 3.19. The lowest BCUT2D eigenvalue weighted by atomic mass is 10.0. The molecule has 0 atom stereocenters. The van der Waals surface area contributed by atoms with Crippen molar-refractivity contribution in [1.29, 1.82) is 0 Å². The molecule has 2 aliphatic rings. The van der Waals surface area contributed by atoms with Crippen LogP contribution in [0.1, 0.15) is 52.9 Å². The van der Waals surface area contributed by atoms with Gasteiger partial charge < -0.3 is 14.3 Å². The van der Waals surface area contributed by atoms with Gasteiger partial charge in [0.05, 0.1) is 31.0 Å². The van der Waals surface area contributed by atoms with Crippen LogP contribution in [0.2, 0.25) is 0 Å². The molecule has 1 fully saturated rings. The maximum absolute atomic E-state index is 11.7. The standard InChI is InChI=1S/C21H28N2O8/c1-15(29-13-4-5-20(28)31-23-18(26)8-9-19(23)27)10-14-30-21(2,3)11-12-22-16(24)6-7-17(22)25/h6-7,10H,4-5,8-9,11-14H2,1-3H3/b15-10+. The minimum Gasteiger partial charge on any atom is -0.498 e. The van der Waals surface area contributed by atoms with Gasteiger partial charge in [-0.25, -0.2) is 4.79 Å². The number of carbonyl (C=O) groups is 5. The largest absolute Gasteiger partial charge is 0.498 e. The lowest BCUT2D eigenvalue weighted by molar-refractivity contribution is -0.197. The second-order valence-corrected chi connectivity index (χ2v) is 7.79. The van der Waals surface area contributed by atoms with Gasteiger partial charge in [-0.15, -0.1) is 5.06 Å². The van der Waals surface area contributed by atoms with E-state index in [1.54, 1.807) is 13.0 Å². The van der Waals surface area contributed by atoms with Crippen molar-refractivity contribution < 1.29 is 38.3 Å². The van der Waals surface area contributed by atoms with Crippen LogP contribution in [-0.2, 0) is 38.3 Å². The number of imide groups is 2. The molecule has 0 aromatic carbocycles. The van der Waals surface area contributed by atoms with Crippen molar-refractivity contribution >= 4 is 29.6 Å². The summed E-state index contributed by atoms with van der Waals surface area (Å²) in [5, 5.41) is 0.527. The molecule has 10 nitrogen and oxygen atoms in total. The monoisotopic (exact) mass is 436 g/mol. The number of nitrogens with zero attached hydrogens (tertiary/aromatic N) is 2. The molecule has 1 saturated heterocycles. The Morgan fingerprint density at radius 3 is 2.32 bits per heavy atom. The van der Waals surface area contributed by atoms with E-state index in [9.17, 15) is 24.0 Å². The molecule has 170 valence electrons. The topological polar surface area (TPSA) is 120 Å². The maximum atomic E-state index is 11.7. The summed E-state index contributed by atoms with van der Waals surface area (Å²) < 4.78 is 11.3. The molecule has 0 saturated carbocycles. The van der Waals surface area contributed by atoms with E-state index < -0.39 is 23.4 Å². The molecule has 0 aromatic rings. The predicted octanol–water partition coefficient (Wildman–Crippen LogP) is 1.40. The van der Waals surface area contributed by atoms with Gasteiger partial charge >= 0.3 is 5.97 Å². The van der Waals surface area contributed by atoms with E-state index in [1.807, 2.05) is 13.8 Å². The van der Waals surface area contributed by atoms with Crippen molar-refractivity contribution in [2.24, 2.45) is 0 Å². The summed E-state index contributed by atoms with van der Waals surface area (Å²) in [6, 6.07) is 0. The van der Waals surface area contributed by atoms with E-state index in [2.05, 4.69) is 0 Å². The predicted molar refractivity (Wildman–Crippen MR) is 107 cm³/mol. The molecule has 2 rings (SSSR count). The third kappa shape index (κ3) is 7.63. The number of carbonyl (C=O) groups excluding carboxylic acids is 5. The van der Waals surface area contributed by atoms with Crippen LogP contribution in [-0.4, -0.2) is 64.9 Å². The van der Waals surface area contributed by atoms with E-state index in [-0.39, 0.29) is 50.8 Å². The Morgan fingerprint density at radius 2 is 1.71 bits per heavy atom. The number of hydroxylamine groups is 2. The number of hydrogen-bond acceptors (Lipinski definition) is 8. The first-order valence-corrected chi connectivity index (χ1v) is 10.1. The van der Waals surface area contributed by atoms with Crippen molar-refractivity contribution in [3.63, 3.8) is 0 Å². The highest BCUT2D eigenvalue weighted by Crippen LogP contribution is 2.17. The van der Waals surface area contributed by atoms with Crippen LogP contribution in [0, 0.1) is 0 Å². The zero-order valence-electron chi connectivity index (χ0n) is 18.0. The molecule has 4 amide bonds. The SMILES string of the molecule is C/C(=C\COC(C)(C)CCN1C(=O)C=CC1=O)OCCCC(=O)ON1C(=O)CCC1=O. The fourth-order valence-corrected chi connectivity index (χ4v) is 2.80. The van der Waals surface area contributed by atoms with Gasteiger partial charge in [0.25, 0.3) is 23.6 Å². The third-order valence-corrected chi connectivity index (χ3v) is 4.74. The van der Waals surface area contributed by atoms with Crippen molar-refractivity contribution in [1.82, 2.24) is 9.96 Å². The van der Waals surface area contributed by atoms with Crippen LogP contribution in [0.3, 0.4) is 0 Å². The van der Waals surface area contributed by atoms with Crippen LogP contribution >= 0.6 is 0 Å². The second kappa shape index (κ2) is 10.9. The van der Waals surface area contributed by atoms with E-state index >= 15 is 0 Å². The van der Waals surface area contributed by atoms with Gasteiger partial charge in [0.2, 0.25) is 0 Å². The summed E-state index contributed by atoms with van der Waals surface area (Å²) in [4.78, 5) is 63.6. The van der Waals surface area contributed by atoms with E-state index in [0.717, 1.165) is 0 Å². The molecule has 2 aliphatic heterocycles. The van der Waals surface area contributed by atoms with Crippen LogP contribution in [0.25, 0.3) is 0 Å². The highest BCUT2D eigenvalue weighted by Gasteiger charge is 2.32. The Bertz CT molecular complexity index is 765. The first-order chi connectivity index (χ1) is 14.6. The van der Waals surface area contributed by atoms with Gasteiger partial charge in [-0.3, -0.25) is 24.1 Å². The number of amides is 4. The molecule has 0 aromatic heterocycles. The van der Waals surface area contributed by atoms with E-state index in [1.165, 1.54) is 17.1 Å². The zero-order chi connectivity index (χ0) is 23.0. The van der Waals surface area contributed by atoms with Gasteiger partial charge in [0.15, 0.2) is 0 Å². The maximum Gasteiger partial charge on any atom is 0.333 e. The molecular weight excluding hydrogens is 408 g/mol. The minimum absolute atomic E-state index is 0.0106. The first-order valence-electron chi connectivity index (χ1n) is 10.1. The van der Waals surface area contributed by atoms with E-state index in [0.29, 0.717) is 23.7 Å². The lowest BCUT2D eigenvalue weighted by Gasteiger charge is -2.27. The van der Waals surface area contributed by atoms with Crippen molar-refractivity contribution in [3.8, 4) is 0 Å². The van der Waals surface area contributed by atoms with Crippen LogP contribution in [0.5, 0.6) is 0 Å². The quantitative estimate of drug-likeness (QED) is 0.256. The Labute approximate surface area is 180 Å². The molecule has 31 heavy (non-hydrogen) atoms. The molecule has 0 spiro atoms. The normalized spacial score (nSPS) is 17.2. The molecule has 0 bridgehead atoms.